The number of hydrogen-bond donors (Lipinski definition) is 1. The van der Waals surface area contributed by atoms with Gasteiger partial charge in [0.15, 0.2) is 0 Å². The number of carbonyl (C=O) groups excluding carboxylic acids is 2. The van der Waals surface area contributed by atoms with E-state index in [9.17, 15) is 18.0 Å². The third kappa shape index (κ3) is 7.50. The molecule has 3 aromatic rings. The van der Waals surface area contributed by atoms with Crippen LogP contribution in [0.1, 0.15) is 51.0 Å². The highest BCUT2D eigenvalue weighted by Crippen LogP contribution is 2.24. The van der Waals surface area contributed by atoms with Crippen molar-refractivity contribution < 1.29 is 18.0 Å². The second-order valence-corrected chi connectivity index (χ2v) is 12.1. The predicted octanol–water partition coefficient (Wildman–Crippen LogP) is 5.18. The summed E-state index contributed by atoms with van der Waals surface area (Å²) in [6, 6.07) is 26.0. The molecule has 0 bridgehead atoms. The van der Waals surface area contributed by atoms with Crippen LogP contribution in [0.5, 0.6) is 0 Å². The Balaban J connectivity index is 1.63. The summed E-state index contributed by atoms with van der Waals surface area (Å²) >= 11 is 0. The molecule has 7 nitrogen and oxygen atoms in total. The summed E-state index contributed by atoms with van der Waals surface area (Å²) in [4.78, 5) is 29.3. The monoisotopic (exact) mass is 561 g/mol. The van der Waals surface area contributed by atoms with E-state index in [1.54, 1.807) is 53.4 Å². The Labute approximate surface area is 238 Å². The molecule has 2 amide bonds. The minimum Gasteiger partial charge on any atom is -0.352 e. The van der Waals surface area contributed by atoms with Crippen LogP contribution in [-0.4, -0.2) is 50.3 Å². The van der Waals surface area contributed by atoms with Gasteiger partial charge in [-0.25, -0.2) is 8.42 Å². The van der Waals surface area contributed by atoms with Crippen LogP contribution in [0.2, 0.25) is 0 Å². The van der Waals surface area contributed by atoms with Crippen LogP contribution >= 0.6 is 0 Å². The summed E-state index contributed by atoms with van der Waals surface area (Å²) in [5.74, 6) is -0.585. The molecule has 0 aliphatic heterocycles. The topological polar surface area (TPSA) is 86.8 Å². The molecular formula is C32H39N3O4S. The van der Waals surface area contributed by atoms with E-state index in [-0.39, 0.29) is 16.8 Å². The summed E-state index contributed by atoms with van der Waals surface area (Å²) < 4.78 is 28.7. The van der Waals surface area contributed by atoms with Gasteiger partial charge < -0.3 is 10.2 Å². The molecule has 1 N–H and O–H groups in total. The number of benzene rings is 3. The summed E-state index contributed by atoms with van der Waals surface area (Å²) in [7, 11) is -4.04. The van der Waals surface area contributed by atoms with Gasteiger partial charge in [0.05, 0.1) is 10.6 Å². The lowest BCUT2D eigenvalue weighted by Gasteiger charge is -2.34. The van der Waals surface area contributed by atoms with Crippen LogP contribution in [0, 0.1) is 0 Å². The van der Waals surface area contributed by atoms with E-state index in [0.29, 0.717) is 25.1 Å². The van der Waals surface area contributed by atoms with E-state index in [4.69, 9.17) is 0 Å². The van der Waals surface area contributed by atoms with Crippen molar-refractivity contribution in [2.75, 3.05) is 17.4 Å². The van der Waals surface area contributed by atoms with Crippen LogP contribution in [0.15, 0.2) is 95.9 Å². The Morgan fingerprint density at radius 2 is 1.43 bits per heavy atom. The van der Waals surface area contributed by atoms with Gasteiger partial charge >= 0.3 is 0 Å². The van der Waals surface area contributed by atoms with E-state index in [0.717, 1.165) is 35.6 Å². The van der Waals surface area contributed by atoms with Crippen LogP contribution in [0.25, 0.3) is 0 Å². The van der Waals surface area contributed by atoms with Crippen LogP contribution < -0.4 is 9.62 Å². The second kappa shape index (κ2) is 14.1. The SMILES string of the molecule is CCC(C(=O)NC1CCCCC1)N(CCc1ccccc1)C(=O)CN(c1ccccc1)S(=O)(=O)c1ccccc1. The number of amides is 2. The fourth-order valence-electron chi connectivity index (χ4n) is 5.28. The first kappa shape index (κ1) is 29.3. The number of rotatable bonds is 12. The van der Waals surface area contributed by atoms with E-state index in [1.165, 1.54) is 18.6 Å². The number of anilines is 1. The van der Waals surface area contributed by atoms with Gasteiger partial charge in [-0.1, -0.05) is 92.9 Å². The number of nitrogens with zero attached hydrogens (tertiary/aromatic N) is 2. The molecule has 8 heteroatoms. The van der Waals surface area contributed by atoms with Gasteiger partial charge in [0.2, 0.25) is 11.8 Å². The Morgan fingerprint density at radius 1 is 0.850 bits per heavy atom. The van der Waals surface area contributed by atoms with Crippen molar-refractivity contribution >= 4 is 27.5 Å². The van der Waals surface area contributed by atoms with E-state index >= 15 is 0 Å². The Kier molecular flexibility index (Phi) is 10.4. The fourth-order valence-corrected chi connectivity index (χ4v) is 6.72. The van der Waals surface area contributed by atoms with Crippen LogP contribution in [-0.2, 0) is 26.0 Å². The molecule has 1 fully saturated rings. The zero-order valence-electron chi connectivity index (χ0n) is 23.1. The lowest BCUT2D eigenvalue weighted by atomic mass is 9.95. The molecule has 40 heavy (non-hydrogen) atoms. The normalized spacial score (nSPS) is 14.7. The van der Waals surface area contributed by atoms with Gasteiger partial charge in [0, 0.05) is 12.6 Å². The zero-order valence-corrected chi connectivity index (χ0v) is 23.9. The molecule has 3 aromatic carbocycles. The van der Waals surface area contributed by atoms with Crippen LogP contribution in [0.3, 0.4) is 0 Å². The highest BCUT2D eigenvalue weighted by Gasteiger charge is 2.34. The van der Waals surface area contributed by atoms with Crippen molar-refractivity contribution in [3.8, 4) is 0 Å². The second-order valence-electron chi connectivity index (χ2n) is 10.3. The van der Waals surface area contributed by atoms with Crippen molar-refractivity contribution in [2.45, 2.75) is 68.8 Å². The molecule has 1 aliphatic rings. The van der Waals surface area contributed by atoms with Crippen LogP contribution in [0.4, 0.5) is 5.69 Å². The molecule has 1 atom stereocenters. The molecule has 212 valence electrons. The van der Waals surface area contributed by atoms with Gasteiger partial charge in [-0.15, -0.1) is 0 Å². The quantitative estimate of drug-likeness (QED) is 0.330. The average molecular weight is 562 g/mol. The first-order valence-corrected chi connectivity index (χ1v) is 15.6. The zero-order chi connectivity index (χ0) is 28.4. The van der Waals surface area contributed by atoms with Crippen molar-refractivity contribution in [1.29, 1.82) is 0 Å². The summed E-state index contributed by atoms with van der Waals surface area (Å²) in [6.07, 6.45) is 6.21. The highest BCUT2D eigenvalue weighted by atomic mass is 32.2. The van der Waals surface area contributed by atoms with Gasteiger partial charge in [0.1, 0.15) is 12.6 Å². The Morgan fingerprint density at radius 3 is 2.02 bits per heavy atom. The molecule has 1 aliphatic carbocycles. The van der Waals surface area contributed by atoms with Crippen molar-refractivity contribution in [1.82, 2.24) is 10.2 Å². The summed E-state index contributed by atoms with van der Waals surface area (Å²) in [6.45, 7) is 1.78. The molecular weight excluding hydrogens is 522 g/mol. The van der Waals surface area contributed by atoms with E-state index < -0.39 is 28.5 Å². The highest BCUT2D eigenvalue weighted by molar-refractivity contribution is 7.92. The third-order valence-electron chi connectivity index (χ3n) is 7.48. The number of nitrogens with one attached hydrogen (secondary N) is 1. The average Bonchev–Trinajstić information content (AvgIpc) is 2.99. The number of carbonyl (C=O) groups is 2. The molecule has 0 aromatic heterocycles. The van der Waals surface area contributed by atoms with Crippen molar-refractivity contribution in [2.24, 2.45) is 0 Å². The molecule has 0 radical (unpaired) electrons. The summed E-state index contributed by atoms with van der Waals surface area (Å²) in [5.41, 5.74) is 1.43. The maximum absolute atomic E-state index is 14.1. The lowest BCUT2D eigenvalue weighted by Crippen LogP contribution is -2.54. The molecule has 4 rings (SSSR count). The smallest absolute Gasteiger partial charge is 0.264 e. The van der Waals surface area contributed by atoms with Crippen molar-refractivity contribution in [3.63, 3.8) is 0 Å². The number of para-hydroxylation sites is 1. The minimum atomic E-state index is -4.04. The molecule has 1 saturated carbocycles. The molecule has 1 unspecified atom stereocenters. The lowest BCUT2D eigenvalue weighted by molar-refractivity contribution is -0.140. The fraction of sp³-hybridized carbons (Fsp3) is 0.375. The maximum Gasteiger partial charge on any atom is 0.264 e. The molecule has 0 saturated heterocycles. The van der Waals surface area contributed by atoms with E-state index in [1.807, 2.05) is 37.3 Å². The van der Waals surface area contributed by atoms with Gasteiger partial charge in [-0.05, 0) is 55.5 Å². The first-order valence-electron chi connectivity index (χ1n) is 14.2. The summed E-state index contributed by atoms with van der Waals surface area (Å²) in [5, 5.41) is 3.18. The first-order chi connectivity index (χ1) is 19.4. The Hall–Kier alpha value is -3.65. The minimum absolute atomic E-state index is 0.101. The van der Waals surface area contributed by atoms with Gasteiger partial charge in [-0.2, -0.15) is 0 Å². The number of hydrogen-bond acceptors (Lipinski definition) is 4. The molecule has 0 spiro atoms. The predicted molar refractivity (Wildman–Crippen MR) is 158 cm³/mol. The Bertz CT molecular complexity index is 1330. The standard InChI is InChI=1S/C32H39N3O4S/c1-2-30(32(37)33-27-17-9-4-10-18-27)34(24-23-26-15-7-3-8-16-26)31(36)25-35(28-19-11-5-12-20-28)40(38,39)29-21-13-6-14-22-29/h3,5-8,11-16,19-22,27,30H,2,4,9-10,17-18,23-25H2,1H3,(H,33,37). The van der Waals surface area contributed by atoms with Gasteiger partial charge in [-0.3, -0.25) is 13.9 Å². The largest absolute Gasteiger partial charge is 0.352 e. The van der Waals surface area contributed by atoms with Crippen molar-refractivity contribution in [3.05, 3.63) is 96.6 Å². The number of sulfonamides is 1. The van der Waals surface area contributed by atoms with E-state index in [2.05, 4.69) is 5.32 Å². The van der Waals surface area contributed by atoms with Gasteiger partial charge in [0.25, 0.3) is 10.0 Å². The maximum atomic E-state index is 14.1. The third-order valence-corrected chi connectivity index (χ3v) is 9.26. The molecule has 0 heterocycles.